The van der Waals surface area contributed by atoms with Gasteiger partial charge in [-0.05, 0) is 49.8 Å². The molecule has 1 aromatic carbocycles. The summed E-state index contributed by atoms with van der Waals surface area (Å²) in [5.41, 5.74) is 6.71. The third-order valence-corrected chi connectivity index (χ3v) is 3.99. The third-order valence-electron chi connectivity index (χ3n) is 3.99. The van der Waals surface area contributed by atoms with Crippen LogP contribution in [-0.4, -0.2) is 4.98 Å². The first-order valence-corrected chi connectivity index (χ1v) is 7.34. The summed E-state index contributed by atoms with van der Waals surface area (Å²) in [6, 6.07) is 13.3. The average Bonchev–Trinajstić information content (AvgIpc) is 2.66. The molecule has 19 heavy (non-hydrogen) atoms. The Labute approximate surface area is 115 Å². The Balaban J connectivity index is 1.81. The minimum Gasteiger partial charge on any atom is -0.257 e. The quantitative estimate of drug-likeness (QED) is 0.727. The van der Waals surface area contributed by atoms with Gasteiger partial charge in [0, 0.05) is 17.8 Å². The lowest BCUT2D eigenvalue weighted by Gasteiger charge is -2.08. The van der Waals surface area contributed by atoms with Gasteiger partial charge in [-0.1, -0.05) is 42.3 Å². The molecule has 0 spiro atoms. The molecule has 0 amide bonds. The lowest BCUT2D eigenvalue weighted by molar-refractivity contribution is 0.708. The van der Waals surface area contributed by atoms with E-state index in [9.17, 15) is 0 Å². The summed E-state index contributed by atoms with van der Waals surface area (Å²) in [5, 5.41) is 0. The summed E-state index contributed by atoms with van der Waals surface area (Å²) in [5.74, 6) is 0. The number of hydrogen-bond donors (Lipinski definition) is 0. The number of fused-ring (bicyclic) bond motifs is 1. The van der Waals surface area contributed by atoms with Gasteiger partial charge >= 0.3 is 0 Å². The maximum atomic E-state index is 4.89. The van der Waals surface area contributed by atoms with E-state index in [-0.39, 0.29) is 0 Å². The van der Waals surface area contributed by atoms with Crippen molar-refractivity contribution in [2.45, 2.75) is 45.4 Å². The molecule has 0 radical (unpaired) electrons. The third kappa shape index (κ3) is 3.04. The number of aryl methyl sites for hydroxylation is 3. The van der Waals surface area contributed by atoms with Crippen molar-refractivity contribution in [3.05, 3.63) is 64.5 Å². The van der Waals surface area contributed by atoms with E-state index in [0.29, 0.717) is 0 Å². The minimum atomic E-state index is 0.952. The zero-order chi connectivity index (χ0) is 13.1. The summed E-state index contributed by atoms with van der Waals surface area (Å²) in [7, 11) is 0. The first kappa shape index (κ1) is 12.4. The van der Waals surface area contributed by atoms with E-state index in [4.69, 9.17) is 4.98 Å². The Morgan fingerprint density at radius 2 is 1.68 bits per heavy atom. The largest absolute Gasteiger partial charge is 0.257 e. The summed E-state index contributed by atoms with van der Waals surface area (Å²) in [4.78, 5) is 4.89. The summed E-state index contributed by atoms with van der Waals surface area (Å²) >= 11 is 0. The molecule has 1 aromatic heterocycles. The number of hydrogen-bond acceptors (Lipinski definition) is 1. The molecule has 0 N–H and O–H groups in total. The van der Waals surface area contributed by atoms with Crippen molar-refractivity contribution < 1.29 is 0 Å². The molecule has 1 aliphatic rings. The highest BCUT2D eigenvalue weighted by atomic mass is 14.7. The summed E-state index contributed by atoms with van der Waals surface area (Å²) in [6.45, 7) is 2.13. The zero-order valence-corrected chi connectivity index (χ0v) is 11.7. The van der Waals surface area contributed by atoms with E-state index in [1.807, 2.05) is 0 Å². The van der Waals surface area contributed by atoms with Crippen LogP contribution in [0.2, 0.25) is 0 Å². The number of pyridine rings is 1. The van der Waals surface area contributed by atoms with Crippen LogP contribution in [0.25, 0.3) is 0 Å². The topological polar surface area (TPSA) is 12.9 Å². The average molecular weight is 251 g/mol. The molecule has 0 atom stereocenters. The Kier molecular flexibility index (Phi) is 3.63. The molecule has 98 valence electrons. The smallest absolute Gasteiger partial charge is 0.0450 e. The first-order chi connectivity index (χ1) is 9.31. The first-order valence-electron chi connectivity index (χ1n) is 7.34. The lowest BCUT2D eigenvalue weighted by Crippen LogP contribution is -2.00. The maximum Gasteiger partial charge on any atom is 0.0450 e. The van der Waals surface area contributed by atoms with Crippen LogP contribution in [0.5, 0.6) is 0 Å². The van der Waals surface area contributed by atoms with Crippen molar-refractivity contribution >= 4 is 0 Å². The van der Waals surface area contributed by atoms with Crippen molar-refractivity contribution in [1.29, 1.82) is 0 Å². The standard InChI is InChI=1S/C18H21N/c1-14-7-9-15(10-8-14)13-17-12-11-16-5-3-2-4-6-18(16)19-17/h7-12H,2-6,13H2,1H3. The highest BCUT2D eigenvalue weighted by molar-refractivity contribution is 5.29. The predicted octanol–water partition coefficient (Wildman–Crippen LogP) is 4.25. The predicted molar refractivity (Wildman–Crippen MR) is 79.5 cm³/mol. The van der Waals surface area contributed by atoms with Gasteiger partial charge in [-0.25, -0.2) is 0 Å². The summed E-state index contributed by atoms with van der Waals surface area (Å²) < 4.78 is 0. The molecule has 3 rings (SSSR count). The van der Waals surface area contributed by atoms with E-state index in [1.54, 1.807) is 0 Å². The fraction of sp³-hybridized carbons (Fsp3) is 0.389. The van der Waals surface area contributed by atoms with E-state index in [1.165, 1.54) is 53.8 Å². The molecule has 2 aromatic rings. The van der Waals surface area contributed by atoms with Crippen LogP contribution in [0.3, 0.4) is 0 Å². The van der Waals surface area contributed by atoms with Gasteiger partial charge in [-0.15, -0.1) is 0 Å². The second kappa shape index (κ2) is 5.56. The van der Waals surface area contributed by atoms with Gasteiger partial charge in [0.15, 0.2) is 0 Å². The van der Waals surface area contributed by atoms with Crippen LogP contribution < -0.4 is 0 Å². The fourth-order valence-corrected chi connectivity index (χ4v) is 2.82. The minimum absolute atomic E-state index is 0.952. The SMILES string of the molecule is Cc1ccc(Cc2ccc3c(n2)CCCCC3)cc1. The lowest BCUT2D eigenvalue weighted by atomic mass is 10.0. The molecule has 1 nitrogen and oxygen atoms in total. The normalized spacial score (nSPS) is 14.8. The van der Waals surface area contributed by atoms with E-state index >= 15 is 0 Å². The van der Waals surface area contributed by atoms with Gasteiger partial charge in [0.05, 0.1) is 0 Å². The number of nitrogens with zero attached hydrogens (tertiary/aromatic N) is 1. The molecule has 0 saturated carbocycles. The summed E-state index contributed by atoms with van der Waals surface area (Å²) in [6.07, 6.45) is 7.31. The van der Waals surface area contributed by atoms with E-state index in [0.717, 1.165) is 12.8 Å². The number of aromatic nitrogens is 1. The van der Waals surface area contributed by atoms with Crippen molar-refractivity contribution in [2.24, 2.45) is 0 Å². The van der Waals surface area contributed by atoms with Gasteiger partial charge < -0.3 is 0 Å². The van der Waals surface area contributed by atoms with Gasteiger partial charge in [-0.3, -0.25) is 4.98 Å². The second-order valence-electron chi connectivity index (χ2n) is 5.63. The van der Waals surface area contributed by atoms with Crippen molar-refractivity contribution in [3.8, 4) is 0 Å². The monoisotopic (exact) mass is 251 g/mol. The van der Waals surface area contributed by atoms with Crippen LogP contribution in [0, 0.1) is 6.92 Å². The van der Waals surface area contributed by atoms with E-state index in [2.05, 4.69) is 43.3 Å². The molecule has 0 bridgehead atoms. The van der Waals surface area contributed by atoms with Gasteiger partial charge in [0.25, 0.3) is 0 Å². The van der Waals surface area contributed by atoms with E-state index < -0.39 is 0 Å². The van der Waals surface area contributed by atoms with Crippen molar-refractivity contribution in [1.82, 2.24) is 4.98 Å². The number of benzene rings is 1. The van der Waals surface area contributed by atoms with Crippen LogP contribution in [-0.2, 0) is 19.3 Å². The zero-order valence-electron chi connectivity index (χ0n) is 11.7. The van der Waals surface area contributed by atoms with Crippen molar-refractivity contribution in [3.63, 3.8) is 0 Å². The maximum absolute atomic E-state index is 4.89. The van der Waals surface area contributed by atoms with Crippen LogP contribution in [0.4, 0.5) is 0 Å². The molecule has 1 aliphatic carbocycles. The van der Waals surface area contributed by atoms with Crippen LogP contribution in [0.1, 0.15) is 47.3 Å². The molecular weight excluding hydrogens is 230 g/mol. The fourth-order valence-electron chi connectivity index (χ4n) is 2.82. The molecular formula is C18H21N. The van der Waals surface area contributed by atoms with Gasteiger partial charge in [-0.2, -0.15) is 0 Å². The molecule has 1 heteroatoms. The molecule has 0 fully saturated rings. The Bertz CT molecular complexity index is 554. The van der Waals surface area contributed by atoms with Crippen LogP contribution >= 0.6 is 0 Å². The second-order valence-corrected chi connectivity index (χ2v) is 5.63. The Morgan fingerprint density at radius 1 is 0.895 bits per heavy atom. The Hall–Kier alpha value is -1.63. The molecule has 0 saturated heterocycles. The Morgan fingerprint density at radius 3 is 2.53 bits per heavy atom. The van der Waals surface area contributed by atoms with Crippen molar-refractivity contribution in [2.75, 3.05) is 0 Å². The molecule has 1 heterocycles. The van der Waals surface area contributed by atoms with Gasteiger partial charge in [0.1, 0.15) is 0 Å². The van der Waals surface area contributed by atoms with Crippen LogP contribution in [0.15, 0.2) is 36.4 Å². The highest BCUT2D eigenvalue weighted by Gasteiger charge is 2.10. The highest BCUT2D eigenvalue weighted by Crippen LogP contribution is 2.20. The van der Waals surface area contributed by atoms with Gasteiger partial charge in [0.2, 0.25) is 0 Å². The molecule has 0 aliphatic heterocycles. The number of rotatable bonds is 2. The molecule has 0 unspecified atom stereocenters.